The Morgan fingerprint density at radius 3 is 2.32 bits per heavy atom. The maximum absolute atomic E-state index is 12.7. The normalized spacial score (nSPS) is 26.8. The topological polar surface area (TPSA) is 87.7 Å². The van der Waals surface area contributed by atoms with Crippen LogP contribution in [0.3, 0.4) is 0 Å². The van der Waals surface area contributed by atoms with Gasteiger partial charge in [-0.3, -0.25) is 4.79 Å². The second kappa shape index (κ2) is 5.33. The summed E-state index contributed by atoms with van der Waals surface area (Å²) in [6, 6.07) is -0.439. The number of hydrogen-bond acceptors (Lipinski definition) is 4. The zero-order valence-corrected chi connectivity index (χ0v) is 10.4. The standard InChI is InChI=1S/C10H15F3N2O4/c1-9(8(17)18,10(11,12)13)15-7(16)5-3-19-4-6(5)14-2/h5-6,14H,3-4H2,1-2H3,(H,15,16)(H,17,18). The Balaban J connectivity index is 2.87. The summed E-state index contributed by atoms with van der Waals surface area (Å²) in [5.41, 5.74) is -3.31. The molecule has 0 aliphatic carbocycles. The second-order valence-corrected chi connectivity index (χ2v) is 4.46. The van der Waals surface area contributed by atoms with Gasteiger partial charge >= 0.3 is 12.1 Å². The highest BCUT2D eigenvalue weighted by Crippen LogP contribution is 2.31. The van der Waals surface area contributed by atoms with E-state index in [1.165, 1.54) is 0 Å². The highest BCUT2D eigenvalue weighted by Gasteiger charge is 2.59. The minimum atomic E-state index is -5.09. The van der Waals surface area contributed by atoms with Crippen LogP contribution in [0.2, 0.25) is 0 Å². The van der Waals surface area contributed by atoms with Crippen molar-refractivity contribution in [3.05, 3.63) is 0 Å². The van der Waals surface area contributed by atoms with E-state index in [-0.39, 0.29) is 13.2 Å². The van der Waals surface area contributed by atoms with E-state index >= 15 is 0 Å². The zero-order chi connectivity index (χ0) is 14.8. The van der Waals surface area contributed by atoms with Crippen molar-refractivity contribution in [1.29, 1.82) is 0 Å². The number of halogens is 3. The van der Waals surface area contributed by atoms with Crippen molar-refractivity contribution in [3.8, 4) is 0 Å². The zero-order valence-electron chi connectivity index (χ0n) is 10.4. The third kappa shape index (κ3) is 2.98. The lowest BCUT2D eigenvalue weighted by molar-refractivity contribution is -0.207. The molecule has 0 radical (unpaired) electrons. The first-order chi connectivity index (χ1) is 8.63. The molecule has 1 aliphatic heterocycles. The average Bonchev–Trinajstić information content (AvgIpc) is 2.74. The lowest BCUT2D eigenvalue weighted by Gasteiger charge is -2.30. The first-order valence-corrected chi connectivity index (χ1v) is 5.50. The summed E-state index contributed by atoms with van der Waals surface area (Å²) in [6.45, 7) is 0.548. The largest absolute Gasteiger partial charge is 0.479 e. The number of ether oxygens (including phenoxy) is 1. The van der Waals surface area contributed by atoms with Crippen molar-refractivity contribution in [1.82, 2.24) is 10.6 Å². The average molecular weight is 284 g/mol. The Labute approximate surface area is 107 Å². The second-order valence-electron chi connectivity index (χ2n) is 4.46. The molecule has 6 nitrogen and oxygen atoms in total. The molecule has 9 heteroatoms. The molecule has 1 amide bonds. The molecule has 3 unspecified atom stereocenters. The van der Waals surface area contributed by atoms with E-state index in [9.17, 15) is 22.8 Å². The monoisotopic (exact) mass is 284 g/mol. The molecule has 0 saturated carbocycles. The molecule has 0 aromatic rings. The van der Waals surface area contributed by atoms with Gasteiger partial charge in [0.2, 0.25) is 11.4 Å². The number of carboxylic acid groups (broad SMARTS) is 1. The van der Waals surface area contributed by atoms with E-state index in [1.807, 2.05) is 0 Å². The van der Waals surface area contributed by atoms with E-state index in [0.29, 0.717) is 6.92 Å². The molecule has 1 aliphatic rings. The number of carboxylic acids is 1. The van der Waals surface area contributed by atoms with Crippen LogP contribution in [-0.4, -0.2) is 55.0 Å². The number of carbonyl (C=O) groups excluding carboxylic acids is 1. The minimum absolute atomic E-state index is 0.0507. The predicted octanol–water partition coefficient (Wildman–Crippen LogP) is -0.257. The van der Waals surface area contributed by atoms with Gasteiger partial charge in [-0.15, -0.1) is 0 Å². The summed E-state index contributed by atoms with van der Waals surface area (Å²) in [5.74, 6) is -4.02. The Hall–Kier alpha value is -1.35. The molecule has 0 spiro atoms. The van der Waals surface area contributed by atoms with Gasteiger partial charge in [0.15, 0.2) is 0 Å². The molecule has 0 aromatic carbocycles. The smallest absolute Gasteiger partial charge is 0.422 e. The molecule has 1 heterocycles. The number of aliphatic carboxylic acids is 1. The van der Waals surface area contributed by atoms with Gasteiger partial charge < -0.3 is 20.5 Å². The summed E-state index contributed by atoms with van der Waals surface area (Å²) in [5, 5.41) is 13.0. The van der Waals surface area contributed by atoms with Gasteiger partial charge in [-0.1, -0.05) is 0 Å². The lowest BCUT2D eigenvalue weighted by atomic mass is 9.97. The Bertz CT molecular complexity index is 374. The summed E-state index contributed by atoms with van der Waals surface area (Å²) < 4.78 is 43.2. The highest BCUT2D eigenvalue weighted by atomic mass is 19.4. The third-order valence-electron chi connectivity index (χ3n) is 3.16. The summed E-state index contributed by atoms with van der Waals surface area (Å²) in [4.78, 5) is 22.6. The van der Waals surface area contributed by atoms with Crippen molar-refractivity contribution < 1.29 is 32.6 Å². The fraction of sp³-hybridized carbons (Fsp3) is 0.800. The Kier molecular flexibility index (Phi) is 4.41. The van der Waals surface area contributed by atoms with Gasteiger partial charge in [-0.2, -0.15) is 13.2 Å². The quantitative estimate of drug-likeness (QED) is 0.662. The van der Waals surface area contributed by atoms with Crippen LogP contribution >= 0.6 is 0 Å². The van der Waals surface area contributed by atoms with Gasteiger partial charge in [0.1, 0.15) is 0 Å². The van der Waals surface area contributed by atoms with Crippen LogP contribution < -0.4 is 10.6 Å². The molecular weight excluding hydrogens is 269 g/mol. The summed E-state index contributed by atoms with van der Waals surface area (Å²) >= 11 is 0. The van der Waals surface area contributed by atoms with Gasteiger partial charge in [-0.05, 0) is 14.0 Å². The lowest BCUT2D eigenvalue weighted by Crippen LogP contribution is -2.63. The van der Waals surface area contributed by atoms with E-state index in [4.69, 9.17) is 9.84 Å². The molecule has 1 saturated heterocycles. The fourth-order valence-corrected chi connectivity index (χ4v) is 1.68. The first-order valence-electron chi connectivity index (χ1n) is 5.50. The Morgan fingerprint density at radius 2 is 1.89 bits per heavy atom. The van der Waals surface area contributed by atoms with Gasteiger partial charge in [-0.25, -0.2) is 4.79 Å². The molecule has 0 bridgehead atoms. The van der Waals surface area contributed by atoms with E-state index in [0.717, 1.165) is 0 Å². The molecule has 1 rings (SSSR count). The molecule has 110 valence electrons. The number of alkyl halides is 3. The van der Waals surface area contributed by atoms with Crippen LogP contribution in [0.1, 0.15) is 6.92 Å². The maximum Gasteiger partial charge on any atom is 0.422 e. The van der Waals surface area contributed by atoms with Crippen molar-refractivity contribution in [2.24, 2.45) is 5.92 Å². The number of rotatable bonds is 4. The molecule has 3 N–H and O–H groups in total. The van der Waals surface area contributed by atoms with Crippen LogP contribution in [0.25, 0.3) is 0 Å². The van der Waals surface area contributed by atoms with Crippen LogP contribution in [0.5, 0.6) is 0 Å². The highest BCUT2D eigenvalue weighted by molar-refractivity contribution is 5.89. The fourth-order valence-electron chi connectivity index (χ4n) is 1.68. The van der Waals surface area contributed by atoms with Gasteiger partial charge in [0.05, 0.1) is 19.1 Å². The van der Waals surface area contributed by atoms with E-state index < -0.39 is 35.6 Å². The third-order valence-corrected chi connectivity index (χ3v) is 3.16. The molecular formula is C10H15F3N2O4. The van der Waals surface area contributed by atoms with Crippen LogP contribution in [0.4, 0.5) is 13.2 Å². The van der Waals surface area contributed by atoms with Crippen molar-refractivity contribution in [2.75, 3.05) is 20.3 Å². The van der Waals surface area contributed by atoms with Crippen LogP contribution in [0.15, 0.2) is 0 Å². The van der Waals surface area contributed by atoms with Crippen LogP contribution in [0, 0.1) is 5.92 Å². The molecule has 1 fully saturated rings. The van der Waals surface area contributed by atoms with E-state index in [2.05, 4.69) is 5.32 Å². The predicted molar refractivity (Wildman–Crippen MR) is 57.4 cm³/mol. The molecule has 19 heavy (non-hydrogen) atoms. The minimum Gasteiger partial charge on any atom is -0.479 e. The number of nitrogens with one attached hydrogen (secondary N) is 2. The summed E-state index contributed by atoms with van der Waals surface area (Å²) in [6.07, 6.45) is -5.09. The number of hydrogen-bond donors (Lipinski definition) is 3. The Morgan fingerprint density at radius 1 is 1.32 bits per heavy atom. The maximum atomic E-state index is 12.7. The van der Waals surface area contributed by atoms with Crippen LogP contribution in [-0.2, 0) is 14.3 Å². The number of amides is 1. The first kappa shape index (κ1) is 15.7. The van der Waals surface area contributed by atoms with Gasteiger partial charge in [0.25, 0.3) is 0 Å². The number of carbonyl (C=O) groups is 2. The van der Waals surface area contributed by atoms with Gasteiger partial charge in [0, 0.05) is 6.04 Å². The van der Waals surface area contributed by atoms with Crippen molar-refractivity contribution >= 4 is 11.9 Å². The molecule has 0 aromatic heterocycles. The van der Waals surface area contributed by atoms with Crippen molar-refractivity contribution in [2.45, 2.75) is 24.7 Å². The SMILES string of the molecule is CNC1COCC1C(=O)NC(C)(C(=O)O)C(F)(F)F. The summed E-state index contributed by atoms with van der Waals surface area (Å²) in [7, 11) is 1.54. The molecule has 3 atom stereocenters. The van der Waals surface area contributed by atoms with E-state index in [1.54, 1.807) is 12.4 Å². The van der Waals surface area contributed by atoms with Crippen molar-refractivity contribution in [3.63, 3.8) is 0 Å². The number of likely N-dealkylation sites (N-methyl/N-ethyl adjacent to an activating group) is 1.